The number of benzene rings is 1. The third-order valence-corrected chi connectivity index (χ3v) is 5.13. The average Bonchev–Trinajstić information content (AvgIpc) is 2.87. The lowest BCUT2D eigenvalue weighted by atomic mass is 10.0. The van der Waals surface area contributed by atoms with E-state index in [9.17, 15) is 17.2 Å². The Morgan fingerprint density at radius 1 is 1.29 bits per heavy atom. The smallest absolute Gasteiger partial charge is 0.229 e. The lowest BCUT2D eigenvalue weighted by molar-refractivity contribution is 0.115. The van der Waals surface area contributed by atoms with Gasteiger partial charge in [-0.1, -0.05) is 30.3 Å². The summed E-state index contributed by atoms with van der Waals surface area (Å²) in [5.41, 5.74) is 0.393. The number of aryl methyl sites for hydroxylation is 1. The van der Waals surface area contributed by atoms with Crippen molar-refractivity contribution < 1.29 is 17.2 Å². The summed E-state index contributed by atoms with van der Waals surface area (Å²) < 4.78 is 52.4. The van der Waals surface area contributed by atoms with Crippen LogP contribution in [0.4, 0.5) is 8.78 Å². The number of hydrogen-bond acceptors (Lipinski definition) is 4. The second kappa shape index (κ2) is 6.59. The Balaban J connectivity index is 2.13. The number of nitrogens with zero attached hydrogens (tertiary/aromatic N) is 1. The van der Waals surface area contributed by atoms with Crippen molar-refractivity contribution in [3.8, 4) is 0 Å². The van der Waals surface area contributed by atoms with Crippen molar-refractivity contribution >= 4 is 21.4 Å². The summed E-state index contributed by atoms with van der Waals surface area (Å²) in [5.74, 6) is -1.19. The summed E-state index contributed by atoms with van der Waals surface area (Å²) in [5, 5.41) is 1.85. The molecular weight excluding hydrogens is 318 g/mol. The molecular formula is C13H14F2N2O2S2. The van der Waals surface area contributed by atoms with Gasteiger partial charge in [0.1, 0.15) is 0 Å². The summed E-state index contributed by atoms with van der Waals surface area (Å²) in [4.78, 5) is 3.86. The van der Waals surface area contributed by atoms with Gasteiger partial charge in [0.25, 0.3) is 10.0 Å². The van der Waals surface area contributed by atoms with Crippen molar-refractivity contribution in [2.75, 3.05) is 6.54 Å². The predicted molar refractivity (Wildman–Crippen MR) is 77.2 cm³/mol. The normalized spacial score (nSPS) is 13.5. The van der Waals surface area contributed by atoms with Gasteiger partial charge in [0.15, 0.2) is 5.03 Å². The Morgan fingerprint density at radius 3 is 2.48 bits per heavy atom. The second-order valence-electron chi connectivity index (χ2n) is 4.41. The van der Waals surface area contributed by atoms with Gasteiger partial charge in [-0.25, -0.2) is 26.9 Å². The van der Waals surface area contributed by atoms with Gasteiger partial charge in [-0.2, -0.15) is 0 Å². The molecule has 1 atom stereocenters. The first-order valence-corrected chi connectivity index (χ1v) is 8.51. The maximum absolute atomic E-state index is 13.1. The molecule has 21 heavy (non-hydrogen) atoms. The molecule has 4 nitrogen and oxygen atoms in total. The first kappa shape index (κ1) is 16.0. The van der Waals surface area contributed by atoms with Crippen LogP contribution in [-0.2, 0) is 10.0 Å². The van der Waals surface area contributed by atoms with Crippen LogP contribution in [0.15, 0.2) is 40.7 Å². The fourth-order valence-electron chi connectivity index (χ4n) is 1.79. The minimum atomic E-state index is -3.86. The van der Waals surface area contributed by atoms with Crippen LogP contribution < -0.4 is 4.72 Å². The molecule has 114 valence electrons. The summed E-state index contributed by atoms with van der Waals surface area (Å²) in [6.45, 7) is 1.30. The van der Waals surface area contributed by atoms with E-state index in [0.717, 1.165) is 0 Å². The summed E-state index contributed by atoms with van der Waals surface area (Å²) >= 11 is 1.19. The molecule has 2 rings (SSSR count). The van der Waals surface area contributed by atoms with E-state index in [1.807, 2.05) is 0 Å². The van der Waals surface area contributed by atoms with Crippen molar-refractivity contribution in [3.63, 3.8) is 0 Å². The second-order valence-corrected chi connectivity index (χ2v) is 7.18. The van der Waals surface area contributed by atoms with E-state index < -0.39 is 22.4 Å². The van der Waals surface area contributed by atoms with Crippen LogP contribution >= 0.6 is 11.3 Å². The first-order valence-electron chi connectivity index (χ1n) is 6.15. The summed E-state index contributed by atoms with van der Waals surface area (Å²) in [6.07, 6.45) is -2.66. The number of sulfonamides is 1. The van der Waals surface area contributed by atoms with Gasteiger partial charge < -0.3 is 0 Å². The van der Waals surface area contributed by atoms with E-state index >= 15 is 0 Å². The minimum Gasteiger partial charge on any atom is -0.229 e. The molecule has 1 unspecified atom stereocenters. The number of halogens is 2. The molecule has 1 aromatic heterocycles. The maximum atomic E-state index is 13.1. The highest BCUT2D eigenvalue weighted by atomic mass is 32.2. The van der Waals surface area contributed by atoms with Crippen molar-refractivity contribution in [2.45, 2.75) is 24.3 Å². The molecule has 8 heteroatoms. The molecule has 0 fully saturated rings. The van der Waals surface area contributed by atoms with Crippen molar-refractivity contribution in [3.05, 3.63) is 46.3 Å². The van der Waals surface area contributed by atoms with Crippen LogP contribution in [0.5, 0.6) is 0 Å². The third kappa shape index (κ3) is 4.05. The van der Waals surface area contributed by atoms with Gasteiger partial charge in [0.05, 0.1) is 10.9 Å². The Labute approximate surface area is 125 Å². The van der Waals surface area contributed by atoms with Crippen LogP contribution in [0.1, 0.15) is 16.5 Å². The predicted octanol–water partition coefficient (Wildman–Crippen LogP) is 2.78. The molecule has 0 saturated heterocycles. The number of nitrogens with one attached hydrogen (secondary N) is 1. The molecule has 2 aromatic rings. The molecule has 0 radical (unpaired) electrons. The fraction of sp³-hybridized carbons (Fsp3) is 0.308. The summed E-state index contributed by atoms with van der Waals surface area (Å²) in [7, 11) is -3.86. The van der Waals surface area contributed by atoms with Gasteiger partial charge in [0, 0.05) is 11.9 Å². The van der Waals surface area contributed by atoms with E-state index in [1.54, 1.807) is 37.3 Å². The van der Waals surface area contributed by atoms with Crippen LogP contribution in [0.3, 0.4) is 0 Å². The Kier molecular flexibility index (Phi) is 5.02. The van der Waals surface area contributed by atoms with E-state index in [-0.39, 0.29) is 11.6 Å². The van der Waals surface area contributed by atoms with Crippen LogP contribution in [0.2, 0.25) is 0 Å². The standard InChI is InChI=1S/C13H14F2N2O2S2/c1-9-17-12(8-20-9)21(18,19)16-7-11(13(14)15)10-5-3-2-4-6-10/h2-6,8,11,13,16H,7H2,1H3. The zero-order chi connectivity index (χ0) is 15.5. The molecule has 1 N–H and O–H groups in total. The van der Waals surface area contributed by atoms with E-state index in [2.05, 4.69) is 9.71 Å². The highest BCUT2D eigenvalue weighted by Crippen LogP contribution is 2.23. The Morgan fingerprint density at radius 2 is 1.95 bits per heavy atom. The quantitative estimate of drug-likeness (QED) is 0.885. The molecule has 0 bridgehead atoms. The molecule has 0 saturated carbocycles. The number of alkyl halides is 2. The van der Waals surface area contributed by atoms with Crippen LogP contribution in [-0.4, -0.2) is 26.4 Å². The zero-order valence-corrected chi connectivity index (χ0v) is 12.8. The van der Waals surface area contributed by atoms with Gasteiger partial charge >= 0.3 is 0 Å². The SMILES string of the molecule is Cc1nc(S(=O)(=O)NCC(c2ccccc2)C(F)F)cs1. The maximum Gasteiger partial charge on any atom is 0.258 e. The Bertz CT molecular complexity index is 687. The highest BCUT2D eigenvalue weighted by Gasteiger charge is 2.26. The third-order valence-electron chi connectivity index (χ3n) is 2.90. The van der Waals surface area contributed by atoms with Gasteiger partial charge in [0.2, 0.25) is 6.43 Å². The minimum absolute atomic E-state index is 0.133. The largest absolute Gasteiger partial charge is 0.258 e. The molecule has 1 aromatic carbocycles. The van der Waals surface area contributed by atoms with E-state index in [1.165, 1.54) is 16.7 Å². The number of rotatable bonds is 6. The van der Waals surface area contributed by atoms with Gasteiger partial charge in [-0.05, 0) is 12.5 Å². The fourth-order valence-corrected chi connectivity index (χ4v) is 3.78. The van der Waals surface area contributed by atoms with E-state index in [0.29, 0.717) is 10.6 Å². The Hall–Kier alpha value is -1.38. The van der Waals surface area contributed by atoms with Gasteiger partial charge in [-0.3, -0.25) is 0 Å². The van der Waals surface area contributed by atoms with Crippen LogP contribution in [0, 0.1) is 6.92 Å². The molecule has 0 amide bonds. The molecule has 1 heterocycles. The van der Waals surface area contributed by atoms with Crippen molar-refractivity contribution in [1.29, 1.82) is 0 Å². The summed E-state index contributed by atoms with van der Waals surface area (Å²) in [6, 6.07) is 8.11. The van der Waals surface area contributed by atoms with Crippen LogP contribution in [0.25, 0.3) is 0 Å². The van der Waals surface area contributed by atoms with Crippen molar-refractivity contribution in [1.82, 2.24) is 9.71 Å². The number of hydrogen-bond donors (Lipinski definition) is 1. The lowest BCUT2D eigenvalue weighted by Gasteiger charge is -2.16. The van der Waals surface area contributed by atoms with Crippen molar-refractivity contribution in [2.24, 2.45) is 0 Å². The molecule has 0 aliphatic heterocycles. The highest BCUT2D eigenvalue weighted by molar-refractivity contribution is 7.89. The number of aromatic nitrogens is 1. The zero-order valence-electron chi connectivity index (χ0n) is 11.2. The average molecular weight is 332 g/mol. The monoisotopic (exact) mass is 332 g/mol. The molecule has 0 spiro atoms. The topological polar surface area (TPSA) is 59.1 Å². The molecule has 0 aliphatic carbocycles. The van der Waals surface area contributed by atoms with E-state index in [4.69, 9.17) is 0 Å². The van der Waals surface area contributed by atoms with Gasteiger partial charge in [-0.15, -0.1) is 11.3 Å². The lowest BCUT2D eigenvalue weighted by Crippen LogP contribution is -2.31. The first-order chi connectivity index (χ1) is 9.90. The number of thiazole rings is 1. The molecule has 0 aliphatic rings.